The van der Waals surface area contributed by atoms with Gasteiger partial charge in [-0.3, -0.25) is 4.79 Å². The largest absolute Gasteiger partial charge is 0.396 e. The van der Waals surface area contributed by atoms with Gasteiger partial charge in [0, 0.05) is 31.7 Å². The molecule has 1 saturated heterocycles. The minimum Gasteiger partial charge on any atom is -0.396 e. The van der Waals surface area contributed by atoms with E-state index < -0.39 is 0 Å². The molecular weight excluding hydrogens is 252 g/mol. The fourth-order valence-corrected chi connectivity index (χ4v) is 2.91. The van der Waals surface area contributed by atoms with Crippen LogP contribution in [0.1, 0.15) is 11.1 Å². The molecule has 0 unspecified atom stereocenters. The Morgan fingerprint density at radius 3 is 2.60 bits per heavy atom. The van der Waals surface area contributed by atoms with E-state index in [1.165, 1.54) is 0 Å². The molecule has 0 radical (unpaired) electrons. The Kier molecular flexibility index (Phi) is 4.78. The molecular formula is C16H24N2O2. The number of carbonyl (C=O) groups excluding carboxylic acids is 1. The molecule has 1 aliphatic rings. The first-order valence-electron chi connectivity index (χ1n) is 7.12. The van der Waals surface area contributed by atoms with Gasteiger partial charge in [0.2, 0.25) is 5.91 Å². The van der Waals surface area contributed by atoms with E-state index in [9.17, 15) is 9.90 Å². The standard InChI is InChI=1S/C16H24N2O2/c1-12-6-4-5-7-13(12)8-16(20)18-9-14(11-19)15(10-18)17(2)3/h4-7,14-15,19H,8-11H2,1-3H3/t14-,15+/m0/s1. The zero-order valence-electron chi connectivity index (χ0n) is 12.5. The second kappa shape index (κ2) is 6.37. The third kappa shape index (κ3) is 3.19. The van der Waals surface area contributed by atoms with Crippen LogP contribution < -0.4 is 0 Å². The average Bonchev–Trinajstić information content (AvgIpc) is 2.86. The van der Waals surface area contributed by atoms with Crippen molar-refractivity contribution < 1.29 is 9.90 Å². The SMILES string of the molecule is Cc1ccccc1CC(=O)N1C[C@@H](CO)[C@H](N(C)C)C1. The fourth-order valence-electron chi connectivity index (χ4n) is 2.91. The molecule has 2 rings (SSSR count). The van der Waals surface area contributed by atoms with Gasteiger partial charge in [-0.25, -0.2) is 0 Å². The monoisotopic (exact) mass is 276 g/mol. The first-order chi connectivity index (χ1) is 9.52. The van der Waals surface area contributed by atoms with Crippen molar-refractivity contribution in [2.75, 3.05) is 33.8 Å². The molecule has 0 spiro atoms. The summed E-state index contributed by atoms with van der Waals surface area (Å²) in [5, 5.41) is 9.45. The summed E-state index contributed by atoms with van der Waals surface area (Å²) in [6.07, 6.45) is 0.449. The van der Waals surface area contributed by atoms with Crippen molar-refractivity contribution in [3.63, 3.8) is 0 Å². The molecule has 4 heteroatoms. The molecule has 0 aliphatic carbocycles. The van der Waals surface area contributed by atoms with Gasteiger partial charge >= 0.3 is 0 Å². The smallest absolute Gasteiger partial charge is 0.227 e. The summed E-state index contributed by atoms with van der Waals surface area (Å²) in [5.74, 6) is 0.313. The van der Waals surface area contributed by atoms with Crippen molar-refractivity contribution in [3.8, 4) is 0 Å². The number of hydrogen-bond acceptors (Lipinski definition) is 3. The Bertz CT molecular complexity index is 473. The van der Waals surface area contributed by atoms with Crippen molar-refractivity contribution in [2.24, 2.45) is 5.92 Å². The topological polar surface area (TPSA) is 43.8 Å². The number of nitrogens with zero attached hydrogens (tertiary/aromatic N) is 2. The van der Waals surface area contributed by atoms with E-state index in [2.05, 4.69) is 4.90 Å². The van der Waals surface area contributed by atoms with Crippen LogP contribution in [-0.4, -0.2) is 60.6 Å². The maximum Gasteiger partial charge on any atom is 0.227 e. The van der Waals surface area contributed by atoms with E-state index in [1.54, 1.807) is 0 Å². The number of benzene rings is 1. The molecule has 0 saturated carbocycles. The predicted molar refractivity (Wildman–Crippen MR) is 79.5 cm³/mol. The quantitative estimate of drug-likeness (QED) is 0.889. The van der Waals surface area contributed by atoms with Gasteiger partial charge in [0.05, 0.1) is 6.42 Å². The van der Waals surface area contributed by atoms with Crippen LogP contribution in [0.25, 0.3) is 0 Å². The Morgan fingerprint density at radius 1 is 1.35 bits per heavy atom. The maximum absolute atomic E-state index is 12.4. The summed E-state index contributed by atoms with van der Waals surface area (Å²) in [6, 6.07) is 8.25. The van der Waals surface area contributed by atoms with E-state index in [0.29, 0.717) is 19.5 Å². The highest BCUT2D eigenvalue weighted by molar-refractivity contribution is 5.79. The molecule has 1 aromatic carbocycles. The third-order valence-corrected chi connectivity index (χ3v) is 4.26. The Hall–Kier alpha value is -1.39. The van der Waals surface area contributed by atoms with Crippen LogP contribution in [0, 0.1) is 12.8 Å². The highest BCUT2D eigenvalue weighted by atomic mass is 16.3. The summed E-state index contributed by atoms with van der Waals surface area (Å²) in [4.78, 5) is 16.4. The lowest BCUT2D eigenvalue weighted by Gasteiger charge is -2.23. The number of likely N-dealkylation sites (N-methyl/N-ethyl adjacent to an activating group) is 1. The van der Waals surface area contributed by atoms with Gasteiger partial charge in [0.15, 0.2) is 0 Å². The number of carbonyl (C=O) groups is 1. The number of aliphatic hydroxyl groups excluding tert-OH is 1. The van der Waals surface area contributed by atoms with Crippen molar-refractivity contribution in [2.45, 2.75) is 19.4 Å². The fraction of sp³-hybridized carbons (Fsp3) is 0.562. The van der Waals surface area contributed by atoms with Crippen LogP contribution in [0.4, 0.5) is 0 Å². The first kappa shape index (κ1) is 15.0. The van der Waals surface area contributed by atoms with Gasteiger partial charge in [-0.1, -0.05) is 24.3 Å². The Morgan fingerprint density at radius 2 is 2.05 bits per heavy atom. The summed E-state index contributed by atoms with van der Waals surface area (Å²) < 4.78 is 0. The molecule has 1 fully saturated rings. The molecule has 4 nitrogen and oxygen atoms in total. The minimum absolute atomic E-state index is 0.136. The zero-order chi connectivity index (χ0) is 14.7. The summed E-state index contributed by atoms with van der Waals surface area (Å²) >= 11 is 0. The van der Waals surface area contributed by atoms with E-state index in [1.807, 2.05) is 50.2 Å². The summed E-state index contributed by atoms with van der Waals surface area (Å²) in [6.45, 7) is 3.54. The average molecular weight is 276 g/mol. The molecule has 1 aromatic rings. The molecule has 1 N–H and O–H groups in total. The molecule has 1 heterocycles. The van der Waals surface area contributed by atoms with Gasteiger partial charge in [0.1, 0.15) is 0 Å². The molecule has 0 aromatic heterocycles. The molecule has 20 heavy (non-hydrogen) atoms. The lowest BCUT2D eigenvalue weighted by molar-refractivity contribution is -0.129. The lowest BCUT2D eigenvalue weighted by Crippen LogP contribution is -2.37. The second-order valence-electron chi connectivity index (χ2n) is 5.88. The molecule has 2 atom stereocenters. The zero-order valence-corrected chi connectivity index (χ0v) is 12.5. The second-order valence-corrected chi connectivity index (χ2v) is 5.88. The highest BCUT2D eigenvalue weighted by Crippen LogP contribution is 2.21. The minimum atomic E-state index is 0.136. The number of aryl methyl sites for hydroxylation is 1. The normalized spacial score (nSPS) is 22.6. The van der Waals surface area contributed by atoms with Crippen molar-refractivity contribution in [1.29, 1.82) is 0 Å². The Labute approximate surface area is 121 Å². The lowest BCUT2D eigenvalue weighted by atomic mass is 10.0. The predicted octanol–water partition coefficient (Wildman–Crippen LogP) is 0.918. The van der Waals surface area contributed by atoms with Crippen LogP contribution in [0.3, 0.4) is 0 Å². The van der Waals surface area contributed by atoms with Gasteiger partial charge in [-0.2, -0.15) is 0 Å². The Balaban J connectivity index is 2.02. The number of aliphatic hydroxyl groups is 1. The van der Waals surface area contributed by atoms with Crippen LogP contribution >= 0.6 is 0 Å². The third-order valence-electron chi connectivity index (χ3n) is 4.26. The number of hydrogen-bond donors (Lipinski definition) is 1. The van der Waals surface area contributed by atoms with Crippen LogP contribution in [-0.2, 0) is 11.2 Å². The molecule has 0 bridgehead atoms. The van der Waals surface area contributed by atoms with Crippen molar-refractivity contribution >= 4 is 5.91 Å². The van der Waals surface area contributed by atoms with Crippen LogP contribution in [0.15, 0.2) is 24.3 Å². The van der Waals surface area contributed by atoms with Gasteiger partial charge in [-0.15, -0.1) is 0 Å². The van der Waals surface area contributed by atoms with E-state index in [4.69, 9.17) is 0 Å². The molecule has 110 valence electrons. The molecule has 1 aliphatic heterocycles. The van der Waals surface area contributed by atoms with Gasteiger partial charge in [0.25, 0.3) is 0 Å². The van der Waals surface area contributed by atoms with Crippen molar-refractivity contribution in [3.05, 3.63) is 35.4 Å². The van der Waals surface area contributed by atoms with E-state index in [0.717, 1.165) is 11.1 Å². The van der Waals surface area contributed by atoms with E-state index in [-0.39, 0.29) is 24.5 Å². The highest BCUT2D eigenvalue weighted by Gasteiger charge is 2.35. The number of rotatable bonds is 4. The van der Waals surface area contributed by atoms with Gasteiger partial charge in [-0.05, 0) is 32.1 Å². The van der Waals surface area contributed by atoms with Crippen LogP contribution in [0.5, 0.6) is 0 Å². The van der Waals surface area contributed by atoms with E-state index >= 15 is 0 Å². The van der Waals surface area contributed by atoms with Gasteiger partial charge < -0.3 is 14.9 Å². The number of likely N-dealkylation sites (tertiary alicyclic amines) is 1. The summed E-state index contributed by atoms with van der Waals surface area (Å²) in [5.41, 5.74) is 2.24. The molecule has 1 amide bonds. The van der Waals surface area contributed by atoms with Crippen molar-refractivity contribution in [1.82, 2.24) is 9.80 Å². The van der Waals surface area contributed by atoms with Crippen LogP contribution in [0.2, 0.25) is 0 Å². The maximum atomic E-state index is 12.4. The summed E-state index contributed by atoms with van der Waals surface area (Å²) in [7, 11) is 4.01. The number of amides is 1. The first-order valence-corrected chi connectivity index (χ1v) is 7.12.